The van der Waals surface area contributed by atoms with Gasteiger partial charge in [0.2, 0.25) is 15.9 Å². The molecule has 1 amide bonds. The summed E-state index contributed by atoms with van der Waals surface area (Å²) < 4.78 is 29.7. The fraction of sp³-hybridized carbons (Fsp3) is 0.312. The van der Waals surface area contributed by atoms with Crippen LogP contribution in [0, 0.1) is 0 Å². The Kier molecular flexibility index (Phi) is 3.11. The second kappa shape index (κ2) is 4.94. The number of sulfonamides is 1. The van der Waals surface area contributed by atoms with Crippen molar-refractivity contribution >= 4 is 21.6 Å². The Labute approximate surface area is 134 Å². The van der Waals surface area contributed by atoms with Crippen LogP contribution >= 0.6 is 0 Å². The Balaban J connectivity index is 1.72. The quantitative estimate of drug-likeness (QED) is 0.911. The van der Waals surface area contributed by atoms with Crippen LogP contribution in [0.2, 0.25) is 0 Å². The molecule has 0 radical (unpaired) electrons. The number of rotatable bonds is 2. The van der Waals surface area contributed by atoms with Gasteiger partial charge in [-0.1, -0.05) is 0 Å². The van der Waals surface area contributed by atoms with Crippen LogP contribution in [0.1, 0.15) is 24.2 Å². The van der Waals surface area contributed by atoms with E-state index in [9.17, 15) is 13.2 Å². The molecule has 1 N–H and O–H groups in total. The highest BCUT2D eigenvalue weighted by Crippen LogP contribution is 2.33. The predicted octanol–water partition coefficient (Wildman–Crippen LogP) is 1.75. The summed E-state index contributed by atoms with van der Waals surface area (Å²) in [5.41, 5.74) is 2.44. The van der Waals surface area contributed by atoms with Crippen molar-refractivity contribution in [1.82, 2.24) is 8.87 Å². The number of nitrogens with zero attached hydrogens (tertiary/aromatic N) is 2. The average Bonchev–Trinajstić information content (AvgIpc) is 3.11. The summed E-state index contributed by atoms with van der Waals surface area (Å²) in [7, 11) is -3.59. The van der Waals surface area contributed by atoms with E-state index in [2.05, 4.69) is 9.88 Å². The molecule has 0 aliphatic carbocycles. The van der Waals surface area contributed by atoms with Gasteiger partial charge in [0.1, 0.15) is 0 Å². The van der Waals surface area contributed by atoms with Crippen molar-refractivity contribution < 1.29 is 13.2 Å². The zero-order valence-corrected chi connectivity index (χ0v) is 13.5. The fourth-order valence-corrected chi connectivity index (χ4v) is 5.04. The first-order chi connectivity index (χ1) is 11.0. The van der Waals surface area contributed by atoms with Crippen LogP contribution in [0.25, 0.3) is 0 Å². The Hall–Kier alpha value is -2.12. The lowest BCUT2D eigenvalue weighted by Crippen LogP contribution is -2.40. The first-order valence-electron chi connectivity index (χ1n) is 7.56. The van der Waals surface area contributed by atoms with Crippen molar-refractivity contribution in [3.63, 3.8) is 0 Å². The van der Waals surface area contributed by atoms with E-state index in [1.807, 2.05) is 25.3 Å². The van der Waals surface area contributed by atoms with Gasteiger partial charge in [0.05, 0.1) is 17.4 Å². The molecule has 4 rings (SSSR count). The van der Waals surface area contributed by atoms with Crippen molar-refractivity contribution in [2.75, 3.05) is 11.9 Å². The van der Waals surface area contributed by atoms with Crippen LogP contribution in [-0.2, 0) is 27.8 Å². The molecule has 0 bridgehead atoms. The summed E-state index contributed by atoms with van der Waals surface area (Å²) in [5, 5.41) is 2.72. The molecule has 1 aromatic heterocycles. The van der Waals surface area contributed by atoms with Gasteiger partial charge in [0.15, 0.2) is 0 Å². The van der Waals surface area contributed by atoms with Crippen LogP contribution < -0.4 is 5.32 Å². The van der Waals surface area contributed by atoms with Crippen LogP contribution in [0.4, 0.5) is 5.69 Å². The zero-order valence-electron chi connectivity index (χ0n) is 12.7. The summed E-state index contributed by atoms with van der Waals surface area (Å²) >= 11 is 0. The summed E-state index contributed by atoms with van der Waals surface area (Å²) in [5.74, 6) is -0.0984. The van der Waals surface area contributed by atoms with Gasteiger partial charge in [-0.2, -0.15) is 4.31 Å². The minimum atomic E-state index is -3.59. The highest BCUT2D eigenvalue weighted by Gasteiger charge is 2.34. The number of carbonyl (C=O) groups excluding carboxylic acids is 1. The highest BCUT2D eigenvalue weighted by atomic mass is 32.2. The molecule has 23 heavy (non-hydrogen) atoms. The maximum Gasteiger partial charge on any atom is 0.243 e. The molecular formula is C16H17N3O3S. The molecular weight excluding hydrogens is 314 g/mol. The molecule has 2 aromatic rings. The molecule has 6 nitrogen and oxygen atoms in total. The van der Waals surface area contributed by atoms with E-state index in [4.69, 9.17) is 0 Å². The first kappa shape index (κ1) is 14.5. The SMILES string of the molecule is C[C@H]1c2cccn2CCN1S(=O)(=O)c1ccc2c(c1)CC(=O)N2. The molecule has 0 saturated carbocycles. The molecule has 0 unspecified atom stereocenters. The summed E-state index contributed by atoms with van der Waals surface area (Å²) in [6.07, 6.45) is 2.21. The third-order valence-electron chi connectivity index (χ3n) is 4.59. The van der Waals surface area contributed by atoms with Crippen molar-refractivity contribution in [3.05, 3.63) is 47.8 Å². The monoisotopic (exact) mass is 331 g/mol. The molecule has 7 heteroatoms. The Bertz CT molecular complexity index is 901. The lowest BCUT2D eigenvalue weighted by molar-refractivity contribution is -0.115. The van der Waals surface area contributed by atoms with Crippen molar-refractivity contribution in [1.29, 1.82) is 0 Å². The number of hydrogen-bond acceptors (Lipinski definition) is 3. The zero-order chi connectivity index (χ0) is 16.2. The number of hydrogen-bond donors (Lipinski definition) is 1. The molecule has 0 saturated heterocycles. The van der Waals surface area contributed by atoms with Crippen LogP contribution in [0.3, 0.4) is 0 Å². The number of benzene rings is 1. The number of fused-ring (bicyclic) bond motifs is 2. The molecule has 3 heterocycles. The second-order valence-electron chi connectivity index (χ2n) is 5.96. The minimum absolute atomic E-state index is 0.0984. The van der Waals surface area contributed by atoms with Gasteiger partial charge in [-0.05, 0) is 42.8 Å². The van der Waals surface area contributed by atoms with Crippen LogP contribution in [0.15, 0.2) is 41.4 Å². The molecule has 1 aromatic carbocycles. The topological polar surface area (TPSA) is 71.4 Å². The van der Waals surface area contributed by atoms with E-state index in [1.54, 1.807) is 18.2 Å². The minimum Gasteiger partial charge on any atom is -0.349 e. The van der Waals surface area contributed by atoms with E-state index >= 15 is 0 Å². The normalized spacial score (nSPS) is 20.9. The molecule has 1 atom stereocenters. The summed E-state index contributed by atoms with van der Waals surface area (Å²) in [6, 6.07) is 8.54. The molecule has 120 valence electrons. The maximum absolute atomic E-state index is 13.0. The van der Waals surface area contributed by atoms with Crippen molar-refractivity contribution in [2.24, 2.45) is 0 Å². The molecule has 2 aliphatic heterocycles. The van der Waals surface area contributed by atoms with Gasteiger partial charge in [-0.15, -0.1) is 0 Å². The first-order valence-corrected chi connectivity index (χ1v) is 9.00. The van der Waals surface area contributed by atoms with E-state index in [0.29, 0.717) is 18.8 Å². The van der Waals surface area contributed by atoms with Crippen LogP contribution in [0.5, 0.6) is 0 Å². The van der Waals surface area contributed by atoms with Gasteiger partial charge < -0.3 is 9.88 Å². The average molecular weight is 331 g/mol. The lowest BCUT2D eigenvalue weighted by Gasteiger charge is -2.34. The summed E-state index contributed by atoms with van der Waals surface area (Å²) in [4.78, 5) is 11.7. The fourth-order valence-electron chi connectivity index (χ4n) is 3.39. The Morgan fingerprint density at radius 2 is 2.04 bits per heavy atom. The number of aromatic nitrogens is 1. The van der Waals surface area contributed by atoms with E-state index in [1.165, 1.54) is 4.31 Å². The van der Waals surface area contributed by atoms with E-state index in [0.717, 1.165) is 11.3 Å². The predicted molar refractivity (Wildman–Crippen MR) is 85.5 cm³/mol. The number of anilines is 1. The van der Waals surface area contributed by atoms with Gasteiger partial charge in [0, 0.05) is 30.7 Å². The standard InChI is InChI=1S/C16H17N3O3S/c1-11-15-3-2-6-18(15)7-8-19(11)23(21,22)13-4-5-14-12(9-13)10-16(20)17-14/h2-6,9,11H,7-8,10H2,1H3,(H,17,20)/t11-/m0/s1. The van der Waals surface area contributed by atoms with Crippen molar-refractivity contribution in [2.45, 2.75) is 30.8 Å². The number of nitrogens with one attached hydrogen (secondary N) is 1. The largest absolute Gasteiger partial charge is 0.349 e. The third-order valence-corrected chi connectivity index (χ3v) is 6.56. The third kappa shape index (κ3) is 2.19. The van der Waals surface area contributed by atoms with E-state index < -0.39 is 10.0 Å². The van der Waals surface area contributed by atoms with Crippen LogP contribution in [-0.4, -0.2) is 29.7 Å². The van der Waals surface area contributed by atoms with Gasteiger partial charge >= 0.3 is 0 Å². The van der Waals surface area contributed by atoms with Gasteiger partial charge in [-0.3, -0.25) is 4.79 Å². The number of carbonyl (C=O) groups is 1. The summed E-state index contributed by atoms with van der Waals surface area (Å²) in [6.45, 7) is 3.00. The second-order valence-corrected chi connectivity index (χ2v) is 7.85. The van der Waals surface area contributed by atoms with Gasteiger partial charge in [0.25, 0.3) is 0 Å². The van der Waals surface area contributed by atoms with E-state index in [-0.39, 0.29) is 23.3 Å². The lowest BCUT2D eigenvalue weighted by atomic mass is 10.2. The van der Waals surface area contributed by atoms with Gasteiger partial charge in [-0.25, -0.2) is 8.42 Å². The Morgan fingerprint density at radius 1 is 1.22 bits per heavy atom. The molecule has 0 fully saturated rings. The maximum atomic E-state index is 13.0. The highest BCUT2D eigenvalue weighted by molar-refractivity contribution is 7.89. The number of amides is 1. The molecule has 2 aliphatic rings. The smallest absolute Gasteiger partial charge is 0.243 e. The van der Waals surface area contributed by atoms with Crippen molar-refractivity contribution in [3.8, 4) is 0 Å². The molecule has 0 spiro atoms. The Morgan fingerprint density at radius 3 is 2.87 bits per heavy atom.